The van der Waals surface area contributed by atoms with E-state index in [-0.39, 0.29) is 0 Å². The zero-order chi connectivity index (χ0) is 15.4. The first-order chi connectivity index (χ1) is 10.8. The summed E-state index contributed by atoms with van der Waals surface area (Å²) >= 11 is 0. The van der Waals surface area contributed by atoms with Crippen molar-refractivity contribution >= 4 is 0 Å². The van der Waals surface area contributed by atoms with Gasteiger partial charge in [0, 0.05) is 6.42 Å². The molecule has 1 fully saturated rings. The van der Waals surface area contributed by atoms with Gasteiger partial charge in [-0.05, 0) is 41.9 Å². The first-order valence-corrected chi connectivity index (χ1v) is 8.69. The Hall–Kier alpha value is -1.53. The summed E-state index contributed by atoms with van der Waals surface area (Å²) in [6.07, 6.45) is 9.99. The Kier molecular flexibility index (Phi) is 5.00. The molecule has 1 saturated carbocycles. The van der Waals surface area contributed by atoms with Crippen LogP contribution < -0.4 is 10.5 Å². The molecule has 3 unspecified atom stereocenters. The Bertz CT molecular complexity index is 549. The van der Waals surface area contributed by atoms with E-state index in [1.807, 2.05) is 0 Å². The zero-order valence-corrected chi connectivity index (χ0v) is 13.3. The van der Waals surface area contributed by atoms with Crippen LogP contribution in [0.3, 0.4) is 0 Å². The molecule has 22 heavy (non-hydrogen) atoms. The molecule has 0 spiro atoms. The highest BCUT2D eigenvalue weighted by atomic mass is 16.5. The number of rotatable bonds is 2. The second-order valence-electron chi connectivity index (χ2n) is 6.83. The summed E-state index contributed by atoms with van der Waals surface area (Å²) in [5, 5.41) is 8.87. The van der Waals surface area contributed by atoms with Crippen molar-refractivity contribution < 1.29 is 4.74 Å². The molecule has 3 rings (SSSR count). The van der Waals surface area contributed by atoms with Crippen molar-refractivity contribution in [3.8, 4) is 11.8 Å². The molecular formula is C19H26N2O. The molecule has 3 heteroatoms. The van der Waals surface area contributed by atoms with Crippen molar-refractivity contribution in [2.75, 3.05) is 6.61 Å². The summed E-state index contributed by atoms with van der Waals surface area (Å²) in [6, 6.07) is 8.13. The van der Waals surface area contributed by atoms with Crippen LogP contribution in [0.2, 0.25) is 0 Å². The van der Waals surface area contributed by atoms with E-state index in [0.29, 0.717) is 18.3 Å². The van der Waals surface area contributed by atoms with Crippen molar-refractivity contribution in [2.24, 2.45) is 11.7 Å². The molecule has 1 aromatic carbocycles. The SMILES string of the molecule is N#CC(N)Cc1ccc2c(c1)OCC1CCCCCCCC21. The van der Waals surface area contributed by atoms with Crippen LogP contribution >= 0.6 is 0 Å². The van der Waals surface area contributed by atoms with Crippen LogP contribution in [0.4, 0.5) is 0 Å². The summed E-state index contributed by atoms with van der Waals surface area (Å²) in [6.45, 7) is 0.853. The standard InChI is InChI=1S/C19H26N2O/c20-12-16(21)10-14-8-9-18-17-7-5-3-1-2-4-6-15(17)13-22-19(18)11-14/h8-9,11,15-17H,1-7,10,13,21H2. The predicted octanol–water partition coefficient (Wildman–Crippen LogP) is 3.92. The van der Waals surface area contributed by atoms with E-state index in [9.17, 15) is 0 Å². The van der Waals surface area contributed by atoms with Crippen LogP contribution in [0, 0.1) is 17.2 Å². The molecule has 0 saturated heterocycles. The number of benzene rings is 1. The van der Waals surface area contributed by atoms with Crippen LogP contribution in [0.1, 0.15) is 62.0 Å². The van der Waals surface area contributed by atoms with Gasteiger partial charge in [-0.1, -0.05) is 44.2 Å². The second-order valence-corrected chi connectivity index (χ2v) is 6.83. The molecule has 0 radical (unpaired) electrons. The van der Waals surface area contributed by atoms with Gasteiger partial charge >= 0.3 is 0 Å². The smallest absolute Gasteiger partial charge is 0.123 e. The number of hydrogen-bond acceptors (Lipinski definition) is 3. The third-order valence-electron chi connectivity index (χ3n) is 5.21. The Morgan fingerprint density at radius 1 is 1.18 bits per heavy atom. The summed E-state index contributed by atoms with van der Waals surface area (Å²) in [4.78, 5) is 0. The molecule has 3 nitrogen and oxygen atoms in total. The molecule has 2 aliphatic rings. The lowest BCUT2D eigenvalue weighted by Gasteiger charge is -2.34. The van der Waals surface area contributed by atoms with Crippen LogP contribution in [0.5, 0.6) is 5.75 Å². The number of nitrogens with zero attached hydrogens (tertiary/aromatic N) is 1. The second kappa shape index (κ2) is 7.15. The zero-order valence-electron chi connectivity index (χ0n) is 13.3. The topological polar surface area (TPSA) is 59.0 Å². The van der Waals surface area contributed by atoms with Gasteiger partial charge in [-0.2, -0.15) is 5.26 Å². The van der Waals surface area contributed by atoms with Crippen molar-refractivity contribution in [1.82, 2.24) is 0 Å². The first-order valence-electron chi connectivity index (χ1n) is 8.69. The molecule has 1 aromatic rings. The van der Waals surface area contributed by atoms with E-state index in [2.05, 4.69) is 24.3 Å². The highest BCUT2D eigenvalue weighted by molar-refractivity contribution is 5.42. The van der Waals surface area contributed by atoms with Gasteiger partial charge in [0.1, 0.15) is 5.75 Å². The molecule has 1 aliphatic carbocycles. The van der Waals surface area contributed by atoms with Gasteiger partial charge in [-0.3, -0.25) is 0 Å². The monoisotopic (exact) mass is 298 g/mol. The van der Waals surface area contributed by atoms with Gasteiger partial charge in [0.05, 0.1) is 18.7 Å². The lowest BCUT2D eigenvalue weighted by atomic mass is 9.78. The number of hydrogen-bond donors (Lipinski definition) is 1. The molecule has 2 N–H and O–H groups in total. The third-order valence-corrected chi connectivity index (χ3v) is 5.21. The van der Waals surface area contributed by atoms with Crippen molar-refractivity contribution in [2.45, 2.75) is 63.3 Å². The van der Waals surface area contributed by atoms with Gasteiger partial charge in [0.2, 0.25) is 0 Å². The molecule has 118 valence electrons. The number of nitriles is 1. The normalized spacial score (nSPS) is 26.2. The van der Waals surface area contributed by atoms with Crippen LogP contribution in [-0.4, -0.2) is 12.6 Å². The van der Waals surface area contributed by atoms with Crippen molar-refractivity contribution in [3.05, 3.63) is 29.3 Å². The quantitative estimate of drug-likeness (QED) is 0.900. The number of fused-ring (bicyclic) bond motifs is 3. The Morgan fingerprint density at radius 2 is 1.95 bits per heavy atom. The minimum Gasteiger partial charge on any atom is -0.493 e. The maximum absolute atomic E-state index is 8.87. The fourth-order valence-electron chi connectivity index (χ4n) is 3.98. The van der Waals surface area contributed by atoms with Gasteiger partial charge in [-0.25, -0.2) is 0 Å². The molecule has 0 amide bonds. The molecule has 0 aromatic heterocycles. The fourth-order valence-corrected chi connectivity index (χ4v) is 3.98. The Balaban J connectivity index is 1.81. The van der Waals surface area contributed by atoms with E-state index in [1.165, 1.54) is 50.5 Å². The van der Waals surface area contributed by atoms with E-state index < -0.39 is 6.04 Å². The van der Waals surface area contributed by atoms with Gasteiger partial charge in [0.25, 0.3) is 0 Å². The molecule has 1 heterocycles. The molecule has 0 bridgehead atoms. The summed E-state index contributed by atoms with van der Waals surface area (Å²) in [5.41, 5.74) is 8.23. The molecule has 3 atom stereocenters. The fraction of sp³-hybridized carbons (Fsp3) is 0.632. The van der Waals surface area contributed by atoms with Crippen LogP contribution in [0.15, 0.2) is 18.2 Å². The minimum absolute atomic E-state index is 0.431. The van der Waals surface area contributed by atoms with E-state index in [1.54, 1.807) is 0 Å². The van der Waals surface area contributed by atoms with Crippen LogP contribution in [0.25, 0.3) is 0 Å². The summed E-state index contributed by atoms with van der Waals surface area (Å²) in [7, 11) is 0. The highest BCUT2D eigenvalue weighted by Gasteiger charge is 2.30. The lowest BCUT2D eigenvalue weighted by Crippen LogP contribution is -2.26. The highest BCUT2D eigenvalue weighted by Crippen LogP contribution is 2.43. The van der Waals surface area contributed by atoms with E-state index in [0.717, 1.165) is 17.9 Å². The molecule has 1 aliphatic heterocycles. The number of nitrogens with two attached hydrogens (primary N) is 1. The van der Waals surface area contributed by atoms with E-state index in [4.69, 9.17) is 15.7 Å². The largest absolute Gasteiger partial charge is 0.493 e. The average molecular weight is 298 g/mol. The van der Waals surface area contributed by atoms with Crippen molar-refractivity contribution in [1.29, 1.82) is 5.26 Å². The lowest BCUT2D eigenvalue weighted by molar-refractivity contribution is 0.178. The number of ether oxygens (including phenoxy) is 1. The summed E-state index contributed by atoms with van der Waals surface area (Å²) < 4.78 is 6.06. The minimum atomic E-state index is -0.431. The third kappa shape index (κ3) is 3.44. The Labute approximate surface area is 133 Å². The van der Waals surface area contributed by atoms with Gasteiger partial charge < -0.3 is 10.5 Å². The van der Waals surface area contributed by atoms with Gasteiger partial charge in [0.15, 0.2) is 0 Å². The maximum atomic E-state index is 8.87. The van der Waals surface area contributed by atoms with Gasteiger partial charge in [-0.15, -0.1) is 0 Å². The summed E-state index contributed by atoms with van der Waals surface area (Å²) in [5.74, 6) is 2.36. The Morgan fingerprint density at radius 3 is 2.77 bits per heavy atom. The maximum Gasteiger partial charge on any atom is 0.123 e. The average Bonchev–Trinajstić information content (AvgIpc) is 2.66. The van der Waals surface area contributed by atoms with Crippen LogP contribution in [-0.2, 0) is 6.42 Å². The predicted molar refractivity (Wildman–Crippen MR) is 87.8 cm³/mol. The van der Waals surface area contributed by atoms with Crippen molar-refractivity contribution in [3.63, 3.8) is 0 Å². The van der Waals surface area contributed by atoms with E-state index >= 15 is 0 Å². The molecular weight excluding hydrogens is 272 g/mol. The first kappa shape index (κ1) is 15.4.